The summed E-state index contributed by atoms with van der Waals surface area (Å²) >= 11 is 0. The molecule has 1 fully saturated rings. The highest BCUT2D eigenvalue weighted by atomic mass is 16.5. The van der Waals surface area contributed by atoms with Crippen LogP contribution in [0, 0.1) is 0 Å². The predicted octanol–water partition coefficient (Wildman–Crippen LogP) is 12.3. The summed E-state index contributed by atoms with van der Waals surface area (Å²) in [5, 5.41) is 0. The van der Waals surface area contributed by atoms with E-state index in [2.05, 4.69) is 30.7 Å². The minimum Gasteiger partial charge on any atom is -0.493 e. The molecule has 1 saturated heterocycles. The third kappa shape index (κ3) is 26.6. The van der Waals surface area contributed by atoms with Crippen LogP contribution in [0.4, 0.5) is 0 Å². The maximum absolute atomic E-state index is 12.6. The number of likely N-dealkylation sites (N-methyl/N-ethyl adjacent to an activating group) is 1. The van der Waals surface area contributed by atoms with Crippen molar-refractivity contribution in [1.82, 2.24) is 9.80 Å². The molecule has 51 heavy (non-hydrogen) atoms. The lowest BCUT2D eigenvalue weighted by atomic mass is 10.0. The van der Waals surface area contributed by atoms with E-state index in [0.717, 1.165) is 69.0 Å². The molecule has 0 radical (unpaired) electrons. The Bertz CT molecular complexity index is 933. The van der Waals surface area contributed by atoms with Gasteiger partial charge in [0.25, 0.3) is 0 Å². The van der Waals surface area contributed by atoms with Gasteiger partial charge in [-0.15, -0.1) is 0 Å². The largest absolute Gasteiger partial charge is 0.493 e. The van der Waals surface area contributed by atoms with Gasteiger partial charge >= 0.3 is 5.97 Å². The zero-order chi connectivity index (χ0) is 36.5. The molecule has 0 saturated carbocycles. The van der Waals surface area contributed by atoms with Gasteiger partial charge in [0.05, 0.1) is 13.2 Å². The predicted molar refractivity (Wildman–Crippen MR) is 217 cm³/mol. The number of esters is 1. The third-order valence-electron chi connectivity index (χ3n) is 10.6. The number of piperazine rings is 1. The molecule has 0 unspecified atom stereocenters. The van der Waals surface area contributed by atoms with Crippen LogP contribution in [-0.4, -0.2) is 68.8 Å². The Balaban J connectivity index is 1.67. The average molecular weight is 715 g/mol. The second-order valence-corrected chi connectivity index (χ2v) is 15.6. The van der Waals surface area contributed by atoms with Crippen LogP contribution >= 0.6 is 0 Å². The number of rotatable bonds is 35. The standard InChI is InChI=1S/C45H82N2O4/c1-4-6-8-10-12-14-16-18-20-22-24-26-28-37-50-44-39-42(41-51-45(48)30-29-31-47-34-32-46(3)33-35-47)38-43(40-44)49-36-27-25-23-21-19-17-15-13-11-9-7-5-2/h38-40H,4-37,41H2,1-3H3. The molecule has 6 nitrogen and oxygen atoms in total. The number of carbonyl (C=O) groups is 1. The minimum atomic E-state index is -0.124. The van der Waals surface area contributed by atoms with Crippen LogP contribution in [0.25, 0.3) is 0 Å². The van der Waals surface area contributed by atoms with Crippen LogP contribution in [0.15, 0.2) is 18.2 Å². The highest BCUT2D eigenvalue weighted by Gasteiger charge is 2.14. The van der Waals surface area contributed by atoms with E-state index in [0.29, 0.717) is 19.6 Å². The maximum Gasteiger partial charge on any atom is 0.306 e. The Kier molecular flexibility index (Phi) is 29.2. The van der Waals surface area contributed by atoms with Crippen LogP contribution in [0.5, 0.6) is 11.5 Å². The van der Waals surface area contributed by atoms with Crippen molar-refractivity contribution in [3.8, 4) is 11.5 Å². The molecule has 0 spiro atoms. The summed E-state index contributed by atoms with van der Waals surface area (Å²) < 4.78 is 18.2. The number of nitrogens with zero attached hydrogens (tertiary/aromatic N) is 2. The third-order valence-corrected chi connectivity index (χ3v) is 10.6. The minimum absolute atomic E-state index is 0.124. The molecular weight excluding hydrogens is 633 g/mol. The number of ether oxygens (including phenoxy) is 3. The van der Waals surface area contributed by atoms with Gasteiger partial charge in [0.2, 0.25) is 0 Å². The van der Waals surface area contributed by atoms with Crippen molar-refractivity contribution in [1.29, 1.82) is 0 Å². The van der Waals surface area contributed by atoms with Crippen LogP contribution in [0.3, 0.4) is 0 Å². The fourth-order valence-corrected chi connectivity index (χ4v) is 7.08. The zero-order valence-electron chi connectivity index (χ0n) is 34.0. The van der Waals surface area contributed by atoms with Crippen molar-refractivity contribution in [3.63, 3.8) is 0 Å². The lowest BCUT2D eigenvalue weighted by molar-refractivity contribution is -0.145. The quantitative estimate of drug-likeness (QED) is 0.0515. The smallest absolute Gasteiger partial charge is 0.306 e. The van der Waals surface area contributed by atoms with Crippen molar-refractivity contribution in [3.05, 3.63) is 23.8 Å². The van der Waals surface area contributed by atoms with Crippen LogP contribution in [0.1, 0.15) is 193 Å². The van der Waals surface area contributed by atoms with Crippen molar-refractivity contribution >= 4 is 5.97 Å². The van der Waals surface area contributed by atoms with Crippen molar-refractivity contribution in [2.24, 2.45) is 0 Å². The highest BCUT2D eigenvalue weighted by molar-refractivity contribution is 5.69. The van der Waals surface area contributed by atoms with Gasteiger partial charge in [0.1, 0.15) is 18.1 Å². The van der Waals surface area contributed by atoms with E-state index in [9.17, 15) is 4.79 Å². The first-order valence-electron chi connectivity index (χ1n) is 22.1. The second kappa shape index (κ2) is 32.8. The average Bonchev–Trinajstić information content (AvgIpc) is 3.13. The molecule has 0 amide bonds. The van der Waals surface area contributed by atoms with E-state index in [1.165, 1.54) is 148 Å². The monoisotopic (exact) mass is 715 g/mol. The SMILES string of the molecule is CCCCCCCCCCCCCCCOc1cc(COC(=O)CCCN2CCN(C)CC2)cc(OCCCCCCCCCCCCCC)c1. The number of hydrogen-bond acceptors (Lipinski definition) is 6. The van der Waals surface area contributed by atoms with Gasteiger partial charge in [-0.05, 0) is 50.6 Å². The molecule has 0 bridgehead atoms. The molecule has 1 aromatic carbocycles. The molecule has 1 heterocycles. The lowest BCUT2D eigenvalue weighted by Crippen LogP contribution is -2.44. The first kappa shape index (κ1) is 45.4. The van der Waals surface area contributed by atoms with Gasteiger partial charge in [0, 0.05) is 38.7 Å². The first-order chi connectivity index (χ1) is 25.1. The highest BCUT2D eigenvalue weighted by Crippen LogP contribution is 2.25. The van der Waals surface area contributed by atoms with E-state index in [1.54, 1.807) is 0 Å². The van der Waals surface area contributed by atoms with Crippen molar-refractivity contribution in [2.75, 3.05) is 53.0 Å². The van der Waals surface area contributed by atoms with Gasteiger partial charge in [-0.1, -0.05) is 162 Å². The van der Waals surface area contributed by atoms with E-state index >= 15 is 0 Å². The molecule has 0 atom stereocenters. The lowest BCUT2D eigenvalue weighted by Gasteiger charge is -2.32. The number of hydrogen-bond donors (Lipinski definition) is 0. The van der Waals surface area contributed by atoms with Crippen LogP contribution in [-0.2, 0) is 16.1 Å². The summed E-state index contributed by atoms with van der Waals surface area (Å²) in [7, 11) is 2.17. The summed E-state index contributed by atoms with van der Waals surface area (Å²) in [5.41, 5.74) is 0.940. The summed E-state index contributed by atoms with van der Waals surface area (Å²) in [6.45, 7) is 11.6. The van der Waals surface area contributed by atoms with E-state index in [1.807, 2.05) is 18.2 Å². The van der Waals surface area contributed by atoms with Crippen molar-refractivity contribution in [2.45, 2.75) is 194 Å². The van der Waals surface area contributed by atoms with E-state index < -0.39 is 0 Å². The van der Waals surface area contributed by atoms with E-state index in [-0.39, 0.29) is 12.6 Å². The summed E-state index contributed by atoms with van der Waals surface area (Å²) in [5.74, 6) is 1.52. The molecule has 0 aliphatic carbocycles. The normalized spacial score (nSPS) is 13.9. The molecule has 2 rings (SSSR count). The van der Waals surface area contributed by atoms with Gasteiger partial charge in [-0.25, -0.2) is 0 Å². The fourth-order valence-electron chi connectivity index (χ4n) is 7.08. The van der Waals surface area contributed by atoms with Gasteiger partial charge in [-0.3, -0.25) is 4.79 Å². The molecule has 1 aliphatic rings. The Labute approximate surface area is 316 Å². The number of benzene rings is 1. The second-order valence-electron chi connectivity index (χ2n) is 15.6. The first-order valence-corrected chi connectivity index (χ1v) is 22.1. The molecular formula is C45H82N2O4. The van der Waals surface area contributed by atoms with E-state index in [4.69, 9.17) is 14.2 Å². The molecule has 6 heteroatoms. The summed E-state index contributed by atoms with van der Waals surface area (Å²) in [4.78, 5) is 17.4. The van der Waals surface area contributed by atoms with Gasteiger partial charge in [0.15, 0.2) is 0 Å². The summed E-state index contributed by atoms with van der Waals surface area (Å²) in [6, 6.07) is 6.07. The molecule has 0 aromatic heterocycles. The Hall–Kier alpha value is -1.79. The summed E-state index contributed by atoms with van der Waals surface area (Å²) in [6.07, 6.45) is 34.8. The Morgan fingerprint density at radius 1 is 0.529 bits per heavy atom. The zero-order valence-corrected chi connectivity index (χ0v) is 34.0. The molecule has 0 N–H and O–H groups in total. The number of unbranched alkanes of at least 4 members (excludes halogenated alkanes) is 23. The van der Waals surface area contributed by atoms with Crippen LogP contribution < -0.4 is 9.47 Å². The Morgan fingerprint density at radius 3 is 1.33 bits per heavy atom. The van der Waals surface area contributed by atoms with Crippen molar-refractivity contribution < 1.29 is 19.0 Å². The van der Waals surface area contributed by atoms with Crippen LogP contribution in [0.2, 0.25) is 0 Å². The molecule has 1 aromatic rings. The topological polar surface area (TPSA) is 51.2 Å². The van der Waals surface area contributed by atoms with Gasteiger partial charge < -0.3 is 24.0 Å². The Morgan fingerprint density at radius 2 is 0.922 bits per heavy atom. The number of carbonyl (C=O) groups excluding carboxylic acids is 1. The molecule has 1 aliphatic heterocycles. The molecule has 296 valence electrons. The van der Waals surface area contributed by atoms with Gasteiger partial charge in [-0.2, -0.15) is 0 Å². The maximum atomic E-state index is 12.6. The fraction of sp³-hybridized carbons (Fsp3) is 0.844.